The quantitative estimate of drug-likeness (QED) is 0.700. The number of urea groups is 1. The maximum absolute atomic E-state index is 12.0. The number of imide groups is 1. The van der Waals surface area contributed by atoms with Crippen LogP contribution in [0.3, 0.4) is 0 Å². The summed E-state index contributed by atoms with van der Waals surface area (Å²) in [5, 5.41) is 14.1. The van der Waals surface area contributed by atoms with Gasteiger partial charge in [-0.15, -0.1) is 0 Å². The topological polar surface area (TPSA) is 98.7 Å². The van der Waals surface area contributed by atoms with Crippen molar-refractivity contribution in [1.82, 2.24) is 15.5 Å². The van der Waals surface area contributed by atoms with E-state index in [1.54, 1.807) is 25.7 Å². The van der Waals surface area contributed by atoms with Crippen LogP contribution in [0.15, 0.2) is 0 Å². The number of hydrogen-bond acceptors (Lipinski definition) is 4. The van der Waals surface area contributed by atoms with Crippen molar-refractivity contribution < 1.29 is 19.5 Å². The fourth-order valence-electron chi connectivity index (χ4n) is 2.56. The van der Waals surface area contributed by atoms with Crippen LogP contribution in [0.5, 0.6) is 0 Å². The van der Waals surface area contributed by atoms with E-state index in [9.17, 15) is 19.5 Å². The molecule has 0 radical (unpaired) electrons. The normalized spacial score (nSPS) is 24.8. The first kappa shape index (κ1) is 16.4. The molecule has 0 bridgehead atoms. The molecule has 0 spiro atoms. The summed E-state index contributed by atoms with van der Waals surface area (Å²) in [4.78, 5) is 36.5. The summed E-state index contributed by atoms with van der Waals surface area (Å²) in [6.07, 6.45) is 2.17. The largest absolute Gasteiger partial charge is 0.480 e. The molecule has 0 aromatic carbocycles. The Morgan fingerprint density at radius 1 is 1.35 bits per heavy atom. The molecular weight excluding hydrogens is 262 g/mol. The number of aliphatic carboxylic acids is 1. The Bertz CT molecular complexity index is 399. The molecule has 1 aliphatic rings. The zero-order valence-electron chi connectivity index (χ0n) is 12.2. The molecule has 7 nitrogen and oxygen atoms in total. The maximum Gasteiger partial charge on any atom is 0.323 e. The Hall–Kier alpha value is -1.63. The van der Waals surface area contributed by atoms with Gasteiger partial charge in [0, 0.05) is 13.1 Å². The zero-order chi connectivity index (χ0) is 15.3. The minimum atomic E-state index is -1.06. The monoisotopic (exact) mass is 285 g/mol. The molecule has 0 saturated carbocycles. The van der Waals surface area contributed by atoms with Crippen LogP contribution in [-0.4, -0.2) is 52.6 Å². The van der Waals surface area contributed by atoms with E-state index < -0.39 is 29.5 Å². The number of nitrogens with zero attached hydrogens (tertiary/aromatic N) is 1. The highest BCUT2D eigenvalue weighted by Gasteiger charge is 2.45. The highest BCUT2D eigenvalue weighted by atomic mass is 16.4. The van der Waals surface area contributed by atoms with Crippen LogP contribution in [0.2, 0.25) is 0 Å². The average molecular weight is 285 g/mol. The smallest absolute Gasteiger partial charge is 0.323 e. The third kappa shape index (κ3) is 3.47. The van der Waals surface area contributed by atoms with Gasteiger partial charge in [0.15, 0.2) is 0 Å². The Morgan fingerprint density at radius 3 is 2.55 bits per heavy atom. The third-order valence-corrected chi connectivity index (χ3v) is 3.83. The minimum Gasteiger partial charge on any atom is -0.480 e. The number of carboxylic acids is 1. The van der Waals surface area contributed by atoms with E-state index >= 15 is 0 Å². The molecule has 2 unspecified atom stereocenters. The van der Waals surface area contributed by atoms with Gasteiger partial charge in [-0.2, -0.15) is 0 Å². The summed E-state index contributed by atoms with van der Waals surface area (Å²) >= 11 is 0. The highest BCUT2D eigenvalue weighted by Crippen LogP contribution is 2.30. The summed E-state index contributed by atoms with van der Waals surface area (Å²) in [7, 11) is 0. The molecule has 3 N–H and O–H groups in total. The van der Waals surface area contributed by atoms with Crippen molar-refractivity contribution in [3.8, 4) is 0 Å². The van der Waals surface area contributed by atoms with E-state index in [0.717, 1.165) is 12.8 Å². The van der Waals surface area contributed by atoms with Crippen LogP contribution in [-0.2, 0) is 9.59 Å². The lowest BCUT2D eigenvalue weighted by Crippen LogP contribution is -2.62. The molecule has 1 aliphatic heterocycles. The zero-order valence-corrected chi connectivity index (χ0v) is 12.2. The number of nitrogens with one attached hydrogen (secondary N) is 2. The molecule has 20 heavy (non-hydrogen) atoms. The molecule has 0 aromatic heterocycles. The van der Waals surface area contributed by atoms with Gasteiger partial charge >= 0.3 is 12.0 Å². The van der Waals surface area contributed by atoms with E-state index in [0.29, 0.717) is 19.5 Å². The first-order valence-corrected chi connectivity index (χ1v) is 6.91. The predicted molar refractivity (Wildman–Crippen MR) is 73.3 cm³/mol. The highest BCUT2D eigenvalue weighted by molar-refractivity contribution is 5.97. The lowest BCUT2D eigenvalue weighted by molar-refractivity contribution is -0.156. The van der Waals surface area contributed by atoms with Gasteiger partial charge in [0.2, 0.25) is 5.91 Å². The van der Waals surface area contributed by atoms with Gasteiger partial charge in [0.05, 0.1) is 6.04 Å². The average Bonchev–Trinajstić information content (AvgIpc) is 2.38. The molecule has 3 amide bonds. The van der Waals surface area contributed by atoms with Gasteiger partial charge in [-0.1, -0.05) is 0 Å². The summed E-state index contributed by atoms with van der Waals surface area (Å²) < 4.78 is 0. The number of carbonyl (C=O) groups is 3. The minimum absolute atomic E-state index is 0.421. The van der Waals surface area contributed by atoms with E-state index in [1.807, 2.05) is 0 Å². The number of hydrogen-bond donors (Lipinski definition) is 3. The van der Waals surface area contributed by atoms with Crippen molar-refractivity contribution in [3.05, 3.63) is 0 Å². The molecule has 0 aliphatic carbocycles. The van der Waals surface area contributed by atoms with Gasteiger partial charge in [-0.3, -0.25) is 19.8 Å². The molecule has 1 saturated heterocycles. The van der Waals surface area contributed by atoms with Crippen molar-refractivity contribution >= 4 is 17.9 Å². The Morgan fingerprint density at radius 2 is 2.00 bits per heavy atom. The lowest BCUT2D eigenvalue weighted by atomic mass is 9.87. The molecule has 7 heteroatoms. The summed E-state index contributed by atoms with van der Waals surface area (Å²) in [5.41, 5.74) is -1.06. The predicted octanol–water partition coefficient (Wildman–Crippen LogP) is 0.550. The molecule has 1 fully saturated rings. The van der Waals surface area contributed by atoms with Gasteiger partial charge in [-0.05, 0) is 40.0 Å². The molecule has 1 rings (SSSR count). The van der Waals surface area contributed by atoms with Crippen LogP contribution in [0.25, 0.3) is 0 Å². The van der Waals surface area contributed by atoms with Crippen LogP contribution in [0.1, 0.15) is 40.0 Å². The maximum atomic E-state index is 12.0. The number of amides is 3. The summed E-state index contributed by atoms with van der Waals surface area (Å²) in [5.74, 6) is -1.42. The van der Waals surface area contributed by atoms with E-state index in [2.05, 4.69) is 10.6 Å². The van der Waals surface area contributed by atoms with Gasteiger partial charge < -0.3 is 10.4 Å². The van der Waals surface area contributed by atoms with Gasteiger partial charge in [0.25, 0.3) is 0 Å². The molecule has 0 aromatic rings. The van der Waals surface area contributed by atoms with Gasteiger partial charge in [0.1, 0.15) is 5.54 Å². The Labute approximate surface area is 118 Å². The van der Waals surface area contributed by atoms with E-state index in [-0.39, 0.29) is 0 Å². The second-order valence-electron chi connectivity index (χ2n) is 5.25. The SMILES string of the molecule is CCNC(=O)NC(=O)C(C)N1CCCCC1(C)C(=O)O. The van der Waals surface area contributed by atoms with Crippen LogP contribution in [0, 0.1) is 0 Å². The van der Waals surface area contributed by atoms with E-state index in [1.165, 1.54) is 0 Å². The lowest BCUT2D eigenvalue weighted by Gasteiger charge is -2.44. The fourth-order valence-corrected chi connectivity index (χ4v) is 2.56. The number of carboxylic acid groups (broad SMARTS) is 1. The van der Waals surface area contributed by atoms with Crippen molar-refractivity contribution in [2.45, 2.75) is 51.6 Å². The second kappa shape index (κ2) is 6.69. The van der Waals surface area contributed by atoms with E-state index in [4.69, 9.17) is 0 Å². The van der Waals surface area contributed by atoms with Gasteiger partial charge in [-0.25, -0.2) is 4.79 Å². The van der Waals surface area contributed by atoms with Crippen LogP contribution in [0.4, 0.5) is 4.79 Å². The molecule has 114 valence electrons. The number of rotatable bonds is 4. The Balaban J connectivity index is 2.77. The van der Waals surface area contributed by atoms with Crippen LogP contribution >= 0.6 is 0 Å². The number of likely N-dealkylation sites (tertiary alicyclic amines) is 1. The summed E-state index contributed by atoms with van der Waals surface area (Å²) in [6, 6.07) is -1.22. The van der Waals surface area contributed by atoms with Crippen molar-refractivity contribution in [3.63, 3.8) is 0 Å². The second-order valence-corrected chi connectivity index (χ2v) is 5.25. The third-order valence-electron chi connectivity index (χ3n) is 3.83. The fraction of sp³-hybridized carbons (Fsp3) is 0.769. The summed E-state index contributed by atoms with van der Waals surface area (Å²) in [6.45, 7) is 5.96. The van der Waals surface area contributed by atoms with Crippen molar-refractivity contribution in [2.24, 2.45) is 0 Å². The standard InChI is InChI=1S/C13H23N3O4/c1-4-14-12(20)15-10(17)9(2)16-8-6-5-7-13(16,3)11(18)19/h9H,4-8H2,1-3H3,(H,18,19)(H2,14,15,17,20). The number of piperidine rings is 1. The number of carbonyl (C=O) groups excluding carboxylic acids is 2. The van der Waals surface area contributed by atoms with Crippen molar-refractivity contribution in [2.75, 3.05) is 13.1 Å². The molecule has 2 atom stereocenters. The molecular formula is C13H23N3O4. The first-order chi connectivity index (χ1) is 9.32. The molecule has 1 heterocycles. The first-order valence-electron chi connectivity index (χ1n) is 6.91. The Kier molecular flexibility index (Phi) is 5.50. The van der Waals surface area contributed by atoms with Crippen molar-refractivity contribution in [1.29, 1.82) is 0 Å². The van der Waals surface area contributed by atoms with Crippen LogP contribution < -0.4 is 10.6 Å².